The zero-order valence-electron chi connectivity index (χ0n) is 11.4. The van der Waals surface area contributed by atoms with Crippen LogP contribution in [0.5, 0.6) is 0 Å². The molecule has 104 valence electrons. The van der Waals surface area contributed by atoms with Crippen LogP contribution in [-0.4, -0.2) is 15.9 Å². The van der Waals surface area contributed by atoms with Crippen LogP contribution in [0.3, 0.4) is 0 Å². The summed E-state index contributed by atoms with van der Waals surface area (Å²) in [6, 6.07) is 14.0. The van der Waals surface area contributed by atoms with Gasteiger partial charge in [-0.3, -0.25) is 5.43 Å². The summed E-state index contributed by atoms with van der Waals surface area (Å²) in [6.45, 7) is 1.85. The number of benzene rings is 2. The highest BCUT2D eigenvalue weighted by atomic mass is 19.1. The van der Waals surface area contributed by atoms with Gasteiger partial charge in [-0.2, -0.15) is 10.2 Å². The van der Waals surface area contributed by atoms with Gasteiger partial charge in [0, 0.05) is 10.8 Å². The molecule has 0 bridgehead atoms. The number of hydrazone groups is 1. The molecule has 0 fully saturated rings. The van der Waals surface area contributed by atoms with Gasteiger partial charge in [0.2, 0.25) is 0 Å². The first-order valence-electron chi connectivity index (χ1n) is 6.51. The number of nitrogens with zero attached hydrogens (tertiary/aromatic N) is 3. The van der Waals surface area contributed by atoms with E-state index in [0.29, 0.717) is 5.82 Å². The van der Waals surface area contributed by atoms with Crippen molar-refractivity contribution >= 4 is 22.3 Å². The molecule has 3 rings (SSSR count). The maximum atomic E-state index is 12.9. The van der Waals surface area contributed by atoms with Crippen molar-refractivity contribution < 1.29 is 4.39 Å². The average molecular weight is 280 g/mol. The predicted molar refractivity (Wildman–Crippen MR) is 81.8 cm³/mol. The fourth-order valence-corrected chi connectivity index (χ4v) is 2.00. The Balaban J connectivity index is 1.88. The van der Waals surface area contributed by atoms with Crippen molar-refractivity contribution in [2.75, 3.05) is 5.43 Å². The van der Waals surface area contributed by atoms with Gasteiger partial charge in [-0.15, -0.1) is 5.10 Å². The van der Waals surface area contributed by atoms with Crippen LogP contribution in [0, 0.1) is 5.82 Å². The van der Waals surface area contributed by atoms with Crippen LogP contribution in [0.4, 0.5) is 10.2 Å². The minimum Gasteiger partial charge on any atom is -0.259 e. The van der Waals surface area contributed by atoms with E-state index in [0.717, 1.165) is 22.0 Å². The number of hydrogen-bond donors (Lipinski definition) is 1. The van der Waals surface area contributed by atoms with E-state index in [-0.39, 0.29) is 5.82 Å². The molecule has 0 aliphatic rings. The molecule has 0 radical (unpaired) electrons. The third-order valence-corrected chi connectivity index (χ3v) is 3.16. The molecule has 2 aromatic carbocycles. The summed E-state index contributed by atoms with van der Waals surface area (Å²) in [5.41, 5.74) is 4.51. The van der Waals surface area contributed by atoms with E-state index in [9.17, 15) is 4.39 Å². The first-order chi connectivity index (χ1) is 10.2. The summed E-state index contributed by atoms with van der Waals surface area (Å²) in [7, 11) is 0. The normalized spacial score (nSPS) is 11.6. The van der Waals surface area contributed by atoms with Crippen molar-refractivity contribution in [3.8, 4) is 0 Å². The second-order valence-electron chi connectivity index (χ2n) is 4.60. The number of fused-ring (bicyclic) bond motifs is 1. The fraction of sp³-hybridized carbons (Fsp3) is 0.0625. The summed E-state index contributed by atoms with van der Waals surface area (Å²) in [6.07, 6.45) is 1.71. The van der Waals surface area contributed by atoms with Crippen molar-refractivity contribution in [1.29, 1.82) is 0 Å². The number of rotatable bonds is 3. The maximum absolute atomic E-state index is 12.9. The molecular weight excluding hydrogens is 267 g/mol. The zero-order valence-corrected chi connectivity index (χ0v) is 11.4. The van der Waals surface area contributed by atoms with Crippen LogP contribution in [0.2, 0.25) is 0 Å². The van der Waals surface area contributed by atoms with Gasteiger partial charge in [-0.05, 0) is 24.6 Å². The molecule has 5 heteroatoms. The van der Waals surface area contributed by atoms with Crippen LogP contribution >= 0.6 is 0 Å². The molecule has 21 heavy (non-hydrogen) atoms. The van der Waals surface area contributed by atoms with E-state index < -0.39 is 0 Å². The zero-order chi connectivity index (χ0) is 14.7. The Morgan fingerprint density at radius 3 is 2.67 bits per heavy atom. The third-order valence-electron chi connectivity index (χ3n) is 3.16. The van der Waals surface area contributed by atoms with Gasteiger partial charge in [0.05, 0.1) is 11.9 Å². The molecule has 0 unspecified atom stereocenters. The number of anilines is 1. The fourth-order valence-electron chi connectivity index (χ4n) is 2.00. The molecule has 1 N–H and O–H groups in total. The second kappa shape index (κ2) is 5.66. The SMILES string of the molecule is C/C(=N/Nc1nncc2ccccc12)c1ccc(F)cc1. The van der Waals surface area contributed by atoms with Crippen molar-refractivity contribution in [2.45, 2.75) is 6.92 Å². The van der Waals surface area contributed by atoms with E-state index in [1.54, 1.807) is 18.3 Å². The monoisotopic (exact) mass is 280 g/mol. The molecular formula is C16H13FN4. The smallest absolute Gasteiger partial charge is 0.176 e. The van der Waals surface area contributed by atoms with Crippen LogP contribution in [0.1, 0.15) is 12.5 Å². The number of hydrogen-bond acceptors (Lipinski definition) is 4. The molecule has 1 aromatic heterocycles. The van der Waals surface area contributed by atoms with E-state index in [1.165, 1.54) is 12.1 Å². The summed E-state index contributed by atoms with van der Waals surface area (Å²) in [4.78, 5) is 0. The van der Waals surface area contributed by atoms with Gasteiger partial charge in [-0.25, -0.2) is 4.39 Å². The first-order valence-corrected chi connectivity index (χ1v) is 6.51. The lowest BCUT2D eigenvalue weighted by atomic mass is 10.1. The molecule has 0 aliphatic heterocycles. The highest BCUT2D eigenvalue weighted by Crippen LogP contribution is 2.19. The Hall–Kier alpha value is -2.82. The van der Waals surface area contributed by atoms with E-state index in [2.05, 4.69) is 20.7 Å². The van der Waals surface area contributed by atoms with Crippen molar-refractivity contribution in [1.82, 2.24) is 10.2 Å². The van der Waals surface area contributed by atoms with Gasteiger partial charge >= 0.3 is 0 Å². The van der Waals surface area contributed by atoms with Crippen LogP contribution < -0.4 is 5.43 Å². The van der Waals surface area contributed by atoms with Crippen molar-refractivity contribution in [2.24, 2.45) is 5.10 Å². The van der Waals surface area contributed by atoms with Gasteiger partial charge in [0.25, 0.3) is 0 Å². The topological polar surface area (TPSA) is 50.2 Å². The summed E-state index contributed by atoms with van der Waals surface area (Å²) < 4.78 is 12.9. The number of halogens is 1. The number of aromatic nitrogens is 2. The lowest BCUT2D eigenvalue weighted by Crippen LogP contribution is -2.02. The molecule has 0 saturated heterocycles. The molecule has 0 atom stereocenters. The summed E-state index contributed by atoms with van der Waals surface area (Å²) in [5, 5.41) is 14.2. The van der Waals surface area contributed by atoms with Crippen molar-refractivity contribution in [3.63, 3.8) is 0 Å². The maximum Gasteiger partial charge on any atom is 0.176 e. The highest BCUT2D eigenvalue weighted by Gasteiger charge is 2.02. The summed E-state index contributed by atoms with van der Waals surface area (Å²) >= 11 is 0. The average Bonchev–Trinajstić information content (AvgIpc) is 2.53. The highest BCUT2D eigenvalue weighted by molar-refractivity contribution is 5.99. The first kappa shape index (κ1) is 13.2. The Morgan fingerprint density at radius 2 is 1.86 bits per heavy atom. The Labute approximate surface area is 121 Å². The molecule has 1 heterocycles. The van der Waals surface area contributed by atoms with Crippen molar-refractivity contribution in [3.05, 3.63) is 66.1 Å². The summed E-state index contributed by atoms with van der Waals surface area (Å²) in [5.74, 6) is 0.328. The molecule has 0 amide bonds. The Bertz CT molecular complexity index is 791. The molecule has 0 saturated carbocycles. The third kappa shape index (κ3) is 2.86. The van der Waals surface area contributed by atoms with E-state index >= 15 is 0 Å². The Kier molecular flexibility index (Phi) is 3.55. The second-order valence-corrected chi connectivity index (χ2v) is 4.60. The van der Waals surface area contributed by atoms with Gasteiger partial charge in [0.1, 0.15) is 5.82 Å². The minimum atomic E-state index is -0.264. The quantitative estimate of drug-likeness (QED) is 0.589. The van der Waals surface area contributed by atoms with Gasteiger partial charge in [-0.1, -0.05) is 36.4 Å². The number of nitrogens with one attached hydrogen (secondary N) is 1. The molecule has 0 spiro atoms. The minimum absolute atomic E-state index is 0.264. The van der Waals surface area contributed by atoms with Gasteiger partial charge in [0.15, 0.2) is 5.82 Å². The predicted octanol–water partition coefficient (Wildman–Crippen LogP) is 3.61. The molecule has 4 nitrogen and oxygen atoms in total. The largest absolute Gasteiger partial charge is 0.259 e. The van der Waals surface area contributed by atoms with Gasteiger partial charge < -0.3 is 0 Å². The van der Waals surface area contributed by atoms with Crippen LogP contribution in [0.15, 0.2) is 59.8 Å². The standard InChI is InChI=1S/C16H13FN4/c1-11(12-6-8-14(17)9-7-12)19-21-16-15-5-3-2-4-13(15)10-18-20-16/h2-10H,1H3,(H,20,21)/b19-11-. The van der Waals surface area contributed by atoms with Crippen LogP contribution in [-0.2, 0) is 0 Å². The van der Waals surface area contributed by atoms with E-state index in [4.69, 9.17) is 0 Å². The lowest BCUT2D eigenvalue weighted by Gasteiger charge is -2.05. The molecule has 3 aromatic rings. The Morgan fingerprint density at radius 1 is 1.10 bits per heavy atom. The van der Waals surface area contributed by atoms with E-state index in [1.807, 2.05) is 31.2 Å². The lowest BCUT2D eigenvalue weighted by molar-refractivity contribution is 0.628. The van der Waals surface area contributed by atoms with Crippen LogP contribution in [0.25, 0.3) is 10.8 Å². The molecule has 0 aliphatic carbocycles.